The van der Waals surface area contributed by atoms with Gasteiger partial charge in [-0.25, -0.2) is 13.2 Å². The molecule has 2 aromatic rings. The lowest BCUT2D eigenvalue weighted by Gasteiger charge is -2.38. The fourth-order valence-corrected chi connectivity index (χ4v) is 2.32. The zero-order valence-corrected chi connectivity index (χ0v) is 12.7. The number of hydrogen-bond acceptors (Lipinski definition) is 5. The quantitative estimate of drug-likeness (QED) is 0.836. The van der Waals surface area contributed by atoms with Crippen LogP contribution in [0.3, 0.4) is 0 Å². The lowest BCUT2D eigenvalue weighted by molar-refractivity contribution is -0.0568. The summed E-state index contributed by atoms with van der Waals surface area (Å²) in [7, 11) is 0. The molecule has 1 aromatic heterocycles. The SMILES string of the molecule is Cc1noc(COC2CN(C(=O)c3ccc(F)c(C(F)F)c3)C2)n1. The first-order chi connectivity index (χ1) is 11.4. The van der Waals surface area contributed by atoms with E-state index in [9.17, 15) is 18.0 Å². The van der Waals surface area contributed by atoms with Gasteiger partial charge in [0.05, 0.1) is 11.7 Å². The van der Waals surface area contributed by atoms with Crippen LogP contribution >= 0.6 is 0 Å². The summed E-state index contributed by atoms with van der Waals surface area (Å²) < 4.78 is 49.0. The number of carbonyl (C=O) groups is 1. The van der Waals surface area contributed by atoms with E-state index in [2.05, 4.69) is 10.1 Å². The summed E-state index contributed by atoms with van der Waals surface area (Å²) in [5.74, 6) is -0.617. The molecule has 1 fully saturated rings. The molecule has 6 nitrogen and oxygen atoms in total. The number of benzene rings is 1. The Morgan fingerprint density at radius 1 is 1.46 bits per heavy atom. The van der Waals surface area contributed by atoms with Crippen molar-refractivity contribution in [2.24, 2.45) is 0 Å². The van der Waals surface area contributed by atoms with Crippen LogP contribution < -0.4 is 0 Å². The molecule has 0 N–H and O–H groups in total. The maximum atomic E-state index is 13.3. The molecule has 0 unspecified atom stereocenters. The number of hydrogen-bond donors (Lipinski definition) is 0. The Bertz CT molecular complexity index is 745. The van der Waals surface area contributed by atoms with Gasteiger partial charge in [0.2, 0.25) is 0 Å². The maximum absolute atomic E-state index is 13.3. The lowest BCUT2D eigenvalue weighted by atomic mass is 10.1. The van der Waals surface area contributed by atoms with Crippen LogP contribution in [0.25, 0.3) is 0 Å². The first kappa shape index (κ1) is 16.4. The largest absolute Gasteiger partial charge is 0.365 e. The van der Waals surface area contributed by atoms with Gasteiger partial charge in [-0.1, -0.05) is 5.16 Å². The predicted octanol–water partition coefficient (Wildman–Crippen LogP) is 2.50. The van der Waals surface area contributed by atoms with Gasteiger partial charge < -0.3 is 14.2 Å². The number of carbonyl (C=O) groups excluding carboxylic acids is 1. The first-order valence-electron chi connectivity index (χ1n) is 7.21. The van der Waals surface area contributed by atoms with E-state index in [4.69, 9.17) is 9.26 Å². The molecule has 24 heavy (non-hydrogen) atoms. The summed E-state index contributed by atoms with van der Waals surface area (Å²) in [6, 6.07) is 2.96. The Hall–Kier alpha value is -2.42. The van der Waals surface area contributed by atoms with Crippen LogP contribution in [0.15, 0.2) is 22.7 Å². The van der Waals surface area contributed by atoms with Gasteiger partial charge in [0.1, 0.15) is 12.4 Å². The molecule has 2 heterocycles. The molecule has 0 spiro atoms. The standard InChI is InChI=1S/C15H14F3N3O3/c1-8-19-13(24-20-8)7-23-10-5-21(6-10)15(22)9-2-3-12(16)11(4-9)14(17)18/h2-4,10,14H,5-7H2,1H3. The highest BCUT2D eigenvalue weighted by Gasteiger charge is 2.32. The minimum atomic E-state index is -2.97. The number of nitrogens with zero attached hydrogens (tertiary/aromatic N) is 3. The van der Waals surface area contributed by atoms with E-state index in [1.54, 1.807) is 6.92 Å². The molecule has 1 saturated heterocycles. The monoisotopic (exact) mass is 341 g/mol. The summed E-state index contributed by atoms with van der Waals surface area (Å²) in [5.41, 5.74) is -0.751. The predicted molar refractivity (Wildman–Crippen MR) is 74.9 cm³/mol. The van der Waals surface area contributed by atoms with E-state index in [-0.39, 0.29) is 18.3 Å². The highest BCUT2D eigenvalue weighted by atomic mass is 19.3. The number of amides is 1. The van der Waals surface area contributed by atoms with Crippen LogP contribution in [-0.2, 0) is 11.3 Å². The zero-order valence-electron chi connectivity index (χ0n) is 12.7. The molecule has 3 rings (SSSR count). The van der Waals surface area contributed by atoms with Crippen molar-refractivity contribution in [3.63, 3.8) is 0 Å². The van der Waals surface area contributed by atoms with Crippen molar-refractivity contribution in [2.45, 2.75) is 26.1 Å². The van der Waals surface area contributed by atoms with E-state index >= 15 is 0 Å². The fraction of sp³-hybridized carbons (Fsp3) is 0.400. The molecule has 0 saturated carbocycles. The van der Waals surface area contributed by atoms with Crippen LogP contribution in [0, 0.1) is 12.7 Å². The fourth-order valence-electron chi connectivity index (χ4n) is 2.32. The van der Waals surface area contributed by atoms with Gasteiger partial charge in [-0.15, -0.1) is 0 Å². The smallest absolute Gasteiger partial charge is 0.266 e. The third-order valence-corrected chi connectivity index (χ3v) is 3.63. The number of alkyl halides is 2. The Morgan fingerprint density at radius 3 is 2.83 bits per heavy atom. The number of ether oxygens (including phenoxy) is 1. The molecule has 0 atom stereocenters. The van der Waals surface area contributed by atoms with Crippen molar-refractivity contribution >= 4 is 5.91 Å². The third kappa shape index (κ3) is 3.40. The second-order valence-corrected chi connectivity index (χ2v) is 5.42. The van der Waals surface area contributed by atoms with E-state index in [1.165, 1.54) is 11.0 Å². The Kier molecular flexibility index (Phi) is 4.52. The average Bonchev–Trinajstić information content (AvgIpc) is 2.91. The molecule has 1 aliphatic heterocycles. The Labute approximate surface area is 135 Å². The van der Waals surface area contributed by atoms with Crippen LogP contribution in [0.1, 0.15) is 34.1 Å². The van der Waals surface area contributed by atoms with Gasteiger partial charge in [0.15, 0.2) is 5.82 Å². The van der Waals surface area contributed by atoms with Gasteiger partial charge in [0, 0.05) is 18.7 Å². The van der Waals surface area contributed by atoms with Gasteiger partial charge in [0.25, 0.3) is 18.2 Å². The van der Waals surface area contributed by atoms with Crippen LogP contribution in [0.2, 0.25) is 0 Å². The first-order valence-corrected chi connectivity index (χ1v) is 7.21. The maximum Gasteiger partial charge on any atom is 0.266 e. The molecule has 128 valence electrons. The van der Waals surface area contributed by atoms with Crippen molar-refractivity contribution in [1.29, 1.82) is 0 Å². The Balaban J connectivity index is 1.54. The van der Waals surface area contributed by atoms with E-state index < -0.39 is 23.7 Å². The molecular weight excluding hydrogens is 327 g/mol. The van der Waals surface area contributed by atoms with Crippen LogP contribution in [0.4, 0.5) is 13.2 Å². The third-order valence-electron chi connectivity index (χ3n) is 3.63. The number of halogens is 3. The van der Waals surface area contributed by atoms with Gasteiger partial charge in [-0.3, -0.25) is 4.79 Å². The van der Waals surface area contributed by atoms with E-state index in [1.807, 2.05) is 0 Å². The van der Waals surface area contributed by atoms with Gasteiger partial charge in [-0.05, 0) is 25.1 Å². The lowest BCUT2D eigenvalue weighted by Crippen LogP contribution is -2.54. The van der Waals surface area contributed by atoms with Crippen molar-refractivity contribution in [3.8, 4) is 0 Å². The molecule has 0 aliphatic carbocycles. The van der Waals surface area contributed by atoms with Crippen LogP contribution in [0.5, 0.6) is 0 Å². The Morgan fingerprint density at radius 2 is 2.21 bits per heavy atom. The van der Waals surface area contributed by atoms with Crippen molar-refractivity contribution in [1.82, 2.24) is 15.0 Å². The molecule has 1 amide bonds. The molecule has 1 aromatic carbocycles. The van der Waals surface area contributed by atoms with Crippen molar-refractivity contribution in [2.75, 3.05) is 13.1 Å². The van der Waals surface area contributed by atoms with Gasteiger partial charge >= 0.3 is 0 Å². The van der Waals surface area contributed by atoms with Gasteiger partial charge in [-0.2, -0.15) is 4.98 Å². The average molecular weight is 341 g/mol. The molecule has 0 bridgehead atoms. The normalized spacial score (nSPS) is 15.0. The minimum absolute atomic E-state index is 0.0256. The molecule has 1 aliphatic rings. The highest BCUT2D eigenvalue weighted by molar-refractivity contribution is 5.95. The summed E-state index contributed by atoms with van der Waals surface area (Å²) in [4.78, 5) is 17.6. The minimum Gasteiger partial charge on any atom is -0.365 e. The number of aryl methyl sites for hydroxylation is 1. The summed E-state index contributed by atoms with van der Waals surface area (Å²) in [6.07, 6.45) is -3.17. The highest BCUT2D eigenvalue weighted by Crippen LogP contribution is 2.25. The molecule has 9 heteroatoms. The number of likely N-dealkylation sites (tertiary alicyclic amines) is 1. The van der Waals surface area contributed by atoms with E-state index in [0.29, 0.717) is 24.8 Å². The summed E-state index contributed by atoms with van der Waals surface area (Å²) in [6.45, 7) is 2.45. The second kappa shape index (κ2) is 6.60. The summed E-state index contributed by atoms with van der Waals surface area (Å²) in [5, 5.41) is 3.63. The van der Waals surface area contributed by atoms with Crippen molar-refractivity contribution < 1.29 is 27.2 Å². The topological polar surface area (TPSA) is 68.5 Å². The summed E-state index contributed by atoms with van der Waals surface area (Å²) >= 11 is 0. The molecule has 0 radical (unpaired) electrons. The van der Waals surface area contributed by atoms with Crippen molar-refractivity contribution in [3.05, 3.63) is 46.9 Å². The number of aromatic nitrogens is 2. The second-order valence-electron chi connectivity index (χ2n) is 5.42. The molecular formula is C15H14F3N3O3. The number of rotatable bonds is 5. The van der Waals surface area contributed by atoms with Crippen LogP contribution in [-0.4, -0.2) is 40.1 Å². The zero-order chi connectivity index (χ0) is 17.3. The van der Waals surface area contributed by atoms with E-state index in [0.717, 1.165) is 12.1 Å².